The summed E-state index contributed by atoms with van der Waals surface area (Å²) in [5.41, 5.74) is 6.03. The monoisotopic (exact) mass is 454 g/mol. The summed E-state index contributed by atoms with van der Waals surface area (Å²) in [6.07, 6.45) is 0. The van der Waals surface area contributed by atoms with Crippen LogP contribution in [0.25, 0.3) is 32.0 Å². The van der Waals surface area contributed by atoms with E-state index < -0.39 is 0 Å². The third-order valence-electron chi connectivity index (χ3n) is 5.41. The number of aryl methyl sites for hydroxylation is 2. The van der Waals surface area contributed by atoms with Gasteiger partial charge >= 0.3 is 0 Å². The fraction of sp³-hybridized carbons (Fsp3) is 0.115. The summed E-state index contributed by atoms with van der Waals surface area (Å²) in [5, 5.41) is 8.41. The van der Waals surface area contributed by atoms with E-state index in [2.05, 4.69) is 29.5 Å². The van der Waals surface area contributed by atoms with E-state index in [-0.39, 0.29) is 5.91 Å². The van der Waals surface area contributed by atoms with Crippen LogP contribution in [0, 0.1) is 6.92 Å². The van der Waals surface area contributed by atoms with E-state index in [0.29, 0.717) is 17.1 Å². The number of hydrogen-bond donors (Lipinski definition) is 1. The number of nitrogens with one attached hydrogen (secondary N) is 1. The van der Waals surface area contributed by atoms with Crippen LogP contribution in [0.4, 0.5) is 5.69 Å². The van der Waals surface area contributed by atoms with Crippen LogP contribution < -0.4 is 10.1 Å². The number of rotatable bonds is 5. The summed E-state index contributed by atoms with van der Waals surface area (Å²) in [5.74, 6) is 0.523. The number of hydrogen-bond acceptors (Lipinski definition) is 5. The molecule has 0 unspecified atom stereocenters. The quantitative estimate of drug-likeness (QED) is 0.357. The second kappa shape index (κ2) is 8.52. The SMILES string of the molecule is COc1cccc(-c2cc(C(=O)Nc3ccc(-c4nc5ccc(C)cc5s4)cc3)n(C)n2)c1. The number of methoxy groups -OCH3 is 1. The first-order valence-electron chi connectivity index (χ1n) is 10.5. The Balaban J connectivity index is 1.34. The van der Waals surface area contributed by atoms with Crippen LogP contribution in [0.3, 0.4) is 0 Å². The minimum absolute atomic E-state index is 0.220. The normalized spacial score (nSPS) is 11.0. The number of aromatic nitrogens is 3. The minimum Gasteiger partial charge on any atom is -0.497 e. The van der Waals surface area contributed by atoms with Gasteiger partial charge in [0, 0.05) is 23.9 Å². The smallest absolute Gasteiger partial charge is 0.273 e. The number of anilines is 1. The number of carbonyl (C=O) groups excluding carboxylic acids is 1. The summed E-state index contributed by atoms with van der Waals surface area (Å²) in [6, 6.07) is 23.4. The maximum absolute atomic E-state index is 12.9. The van der Waals surface area contributed by atoms with E-state index in [1.807, 2.05) is 54.6 Å². The molecule has 0 spiro atoms. The lowest BCUT2D eigenvalue weighted by atomic mass is 10.1. The van der Waals surface area contributed by atoms with Crippen LogP contribution in [-0.2, 0) is 7.05 Å². The molecular formula is C26H22N4O2S. The first-order chi connectivity index (χ1) is 16.0. The fourth-order valence-corrected chi connectivity index (χ4v) is 4.72. The van der Waals surface area contributed by atoms with Crippen molar-refractivity contribution in [2.24, 2.45) is 7.05 Å². The zero-order chi connectivity index (χ0) is 22.9. The number of fused-ring (bicyclic) bond motifs is 1. The van der Waals surface area contributed by atoms with Crippen LogP contribution in [0.2, 0.25) is 0 Å². The van der Waals surface area contributed by atoms with E-state index in [1.54, 1.807) is 36.2 Å². The zero-order valence-corrected chi connectivity index (χ0v) is 19.3. The average molecular weight is 455 g/mol. The van der Waals surface area contributed by atoms with E-state index in [1.165, 1.54) is 10.3 Å². The Kier molecular flexibility index (Phi) is 5.40. The topological polar surface area (TPSA) is 69.0 Å². The van der Waals surface area contributed by atoms with Crippen LogP contribution in [0.5, 0.6) is 5.75 Å². The van der Waals surface area contributed by atoms with Crippen LogP contribution in [-0.4, -0.2) is 27.8 Å². The molecule has 0 atom stereocenters. The highest BCUT2D eigenvalue weighted by Crippen LogP contribution is 2.31. The summed E-state index contributed by atoms with van der Waals surface area (Å²) >= 11 is 1.67. The standard InChI is InChI=1S/C26H22N4O2S/c1-16-7-12-21-24(13-16)33-26(28-21)17-8-10-19(11-9-17)27-25(31)23-15-22(29-30(23)2)18-5-4-6-20(14-18)32-3/h4-15H,1-3H3,(H,27,31). The van der Waals surface area contributed by atoms with Gasteiger partial charge in [-0.15, -0.1) is 11.3 Å². The van der Waals surface area contributed by atoms with Crippen molar-refractivity contribution >= 4 is 33.1 Å². The van der Waals surface area contributed by atoms with Gasteiger partial charge < -0.3 is 10.1 Å². The molecule has 2 heterocycles. The lowest BCUT2D eigenvalue weighted by Gasteiger charge is -2.06. The third-order valence-corrected chi connectivity index (χ3v) is 6.48. The number of carbonyl (C=O) groups is 1. The molecule has 0 fully saturated rings. The van der Waals surface area contributed by atoms with Crippen LogP contribution >= 0.6 is 11.3 Å². The molecule has 1 N–H and O–H groups in total. The van der Waals surface area contributed by atoms with Crippen molar-refractivity contribution in [3.63, 3.8) is 0 Å². The molecule has 164 valence electrons. The maximum atomic E-state index is 12.9. The number of thiazole rings is 1. The first kappa shape index (κ1) is 20.9. The first-order valence-corrected chi connectivity index (χ1v) is 11.3. The lowest BCUT2D eigenvalue weighted by molar-refractivity contribution is 0.101. The third kappa shape index (κ3) is 4.23. The maximum Gasteiger partial charge on any atom is 0.273 e. The summed E-state index contributed by atoms with van der Waals surface area (Å²) < 4.78 is 8.04. The predicted molar refractivity (Wildman–Crippen MR) is 133 cm³/mol. The van der Waals surface area contributed by atoms with Crippen molar-refractivity contribution in [2.45, 2.75) is 6.92 Å². The minimum atomic E-state index is -0.220. The molecule has 0 aliphatic carbocycles. The number of benzene rings is 3. The molecule has 5 aromatic rings. The second-order valence-corrected chi connectivity index (χ2v) is 8.82. The van der Waals surface area contributed by atoms with Gasteiger partial charge in [-0.05, 0) is 67.1 Å². The Morgan fingerprint density at radius 2 is 1.82 bits per heavy atom. The van der Waals surface area contributed by atoms with Crippen LogP contribution in [0.1, 0.15) is 16.1 Å². The number of amides is 1. The van der Waals surface area contributed by atoms with Gasteiger partial charge in [-0.3, -0.25) is 9.48 Å². The highest BCUT2D eigenvalue weighted by Gasteiger charge is 2.15. The molecule has 0 saturated heterocycles. The van der Waals surface area contributed by atoms with E-state index >= 15 is 0 Å². The van der Waals surface area contributed by atoms with Gasteiger partial charge in [-0.25, -0.2) is 4.98 Å². The molecule has 0 radical (unpaired) electrons. The molecule has 1 amide bonds. The zero-order valence-electron chi connectivity index (χ0n) is 18.5. The molecule has 0 saturated carbocycles. The molecule has 0 aliphatic heterocycles. The molecule has 3 aromatic carbocycles. The molecule has 33 heavy (non-hydrogen) atoms. The Morgan fingerprint density at radius 3 is 2.61 bits per heavy atom. The van der Waals surface area contributed by atoms with Gasteiger partial charge in [-0.2, -0.15) is 5.10 Å². The second-order valence-electron chi connectivity index (χ2n) is 7.79. The van der Waals surface area contributed by atoms with Gasteiger partial charge in [0.15, 0.2) is 0 Å². The van der Waals surface area contributed by atoms with E-state index in [0.717, 1.165) is 27.4 Å². The van der Waals surface area contributed by atoms with Crippen molar-refractivity contribution in [2.75, 3.05) is 12.4 Å². The predicted octanol–water partition coefficient (Wildman–Crippen LogP) is 5.93. The van der Waals surface area contributed by atoms with Gasteiger partial charge in [0.1, 0.15) is 16.5 Å². The van der Waals surface area contributed by atoms with E-state index in [9.17, 15) is 4.79 Å². The Morgan fingerprint density at radius 1 is 1.00 bits per heavy atom. The van der Waals surface area contributed by atoms with Gasteiger partial charge in [0.25, 0.3) is 5.91 Å². The molecule has 0 aliphatic rings. The molecule has 5 rings (SSSR count). The molecule has 7 heteroatoms. The summed E-state index contributed by atoms with van der Waals surface area (Å²) in [4.78, 5) is 17.6. The highest BCUT2D eigenvalue weighted by atomic mass is 32.1. The van der Waals surface area contributed by atoms with E-state index in [4.69, 9.17) is 9.72 Å². The van der Waals surface area contributed by atoms with Crippen molar-refractivity contribution in [1.82, 2.24) is 14.8 Å². The molecule has 6 nitrogen and oxygen atoms in total. The van der Waals surface area contributed by atoms with Crippen LogP contribution in [0.15, 0.2) is 72.8 Å². The summed E-state index contributed by atoms with van der Waals surface area (Å²) in [6.45, 7) is 2.08. The van der Waals surface area contributed by atoms with Crippen molar-refractivity contribution < 1.29 is 9.53 Å². The van der Waals surface area contributed by atoms with Crippen molar-refractivity contribution in [1.29, 1.82) is 0 Å². The molecule has 2 aromatic heterocycles. The fourth-order valence-electron chi connectivity index (χ4n) is 3.65. The molecular weight excluding hydrogens is 432 g/mol. The summed E-state index contributed by atoms with van der Waals surface area (Å²) in [7, 11) is 3.38. The Hall–Kier alpha value is -3.97. The average Bonchev–Trinajstić information content (AvgIpc) is 3.43. The van der Waals surface area contributed by atoms with Gasteiger partial charge in [-0.1, -0.05) is 18.2 Å². The largest absolute Gasteiger partial charge is 0.497 e. The Labute approximate surface area is 195 Å². The highest BCUT2D eigenvalue weighted by molar-refractivity contribution is 7.21. The van der Waals surface area contributed by atoms with Gasteiger partial charge in [0.05, 0.1) is 23.0 Å². The van der Waals surface area contributed by atoms with Crippen molar-refractivity contribution in [3.8, 4) is 27.6 Å². The molecule has 0 bridgehead atoms. The van der Waals surface area contributed by atoms with Crippen molar-refractivity contribution in [3.05, 3.63) is 84.1 Å². The van der Waals surface area contributed by atoms with Gasteiger partial charge in [0.2, 0.25) is 0 Å². The lowest BCUT2D eigenvalue weighted by Crippen LogP contribution is -2.15. The number of ether oxygens (including phenoxy) is 1. The Bertz CT molecular complexity index is 1470. The number of nitrogens with zero attached hydrogens (tertiary/aromatic N) is 3.